The van der Waals surface area contributed by atoms with Crippen molar-refractivity contribution in [2.45, 2.75) is 26.6 Å². The number of furan rings is 1. The van der Waals surface area contributed by atoms with E-state index in [1.807, 2.05) is 0 Å². The molecule has 0 atom stereocenters. The molecular formula is C18H16F3N3O2. The maximum Gasteiger partial charge on any atom is 0.416 e. The third kappa shape index (κ3) is 3.63. The zero-order chi connectivity index (χ0) is 18.9. The standard InChI is InChI=1S/C18H16F3N3O2/c1-11-16(22-17(25)15-7-4-8-26-15)12(2)24(23-11)10-13-5-3-6-14(9-13)18(19,20)21/h3-9H,10H2,1-2H3,(H,22,25). The molecule has 0 fully saturated rings. The van der Waals surface area contributed by atoms with Gasteiger partial charge in [0.15, 0.2) is 5.76 Å². The van der Waals surface area contributed by atoms with E-state index in [0.717, 1.165) is 12.1 Å². The Hall–Kier alpha value is -3.03. The average Bonchev–Trinajstić information content (AvgIpc) is 3.19. The molecule has 0 saturated carbocycles. The second kappa shape index (κ2) is 6.70. The predicted octanol–water partition coefficient (Wildman–Crippen LogP) is 4.41. The lowest BCUT2D eigenvalue weighted by Crippen LogP contribution is -2.12. The molecule has 0 radical (unpaired) electrons. The molecule has 26 heavy (non-hydrogen) atoms. The molecule has 0 saturated heterocycles. The molecule has 3 aromatic rings. The average molecular weight is 363 g/mol. The fraction of sp³-hybridized carbons (Fsp3) is 0.222. The van der Waals surface area contributed by atoms with E-state index in [1.165, 1.54) is 18.4 Å². The number of rotatable bonds is 4. The van der Waals surface area contributed by atoms with Crippen LogP contribution in [0.25, 0.3) is 0 Å². The second-order valence-electron chi connectivity index (χ2n) is 5.83. The third-order valence-corrected chi connectivity index (χ3v) is 3.95. The first-order valence-corrected chi connectivity index (χ1v) is 7.80. The smallest absolute Gasteiger partial charge is 0.416 e. The summed E-state index contributed by atoms with van der Waals surface area (Å²) in [5, 5.41) is 7.05. The molecule has 2 aromatic heterocycles. The van der Waals surface area contributed by atoms with E-state index in [4.69, 9.17) is 4.42 Å². The van der Waals surface area contributed by atoms with Gasteiger partial charge >= 0.3 is 6.18 Å². The highest BCUT2D eigenvalue weighted by molar-refractivity contribution is 6.02. The van der Waals surface area contributed by atoms with Gasteiger partial charge in [-0.3, -0.25) is 9.48 Å². The molecule has 0 bridgehead atoms. The minimum Gasteiger partial charge on any atom is -0.459 e. The number of hydrogen-bond donors (Lipinski definition) is 1. The van der Waals surface area contributed by atoms with Crippen LogP contribution in [-0.4, -0.2) is 15.7 Å². The van der Waals surface area contributed by atoms with Gasteiger partial charge in [0.05, 0.1) is 35.4 Å². The Balaban J connectivity index is 1.83. The fourth-order valence-corrected chi connectivity index (χ4v) is 2.63. The van der Waals surface area contributed by atoms with E-state index in [9.17, 15) is 18.0 Å². The lowest BCUT2D eigenvalue weighted by Gasteiger charge is -2.10. The van der Waals surface area contributed by atoms with Gasteiger partial charge in [-0.2, -0.15) is 18.3 Å². The lowest BCUT2D eigenvalue weighted by molar-refractivity contribution is -0.137. The largest absolute Gasteiger partial charge is 0.459 e. The Labute approximate surface area is 147 Å². The van der Waals surface area contributed by atoms with E-state index in [-0.39, 0.29) is 12.3 Å². The van der Waals surface area contributed by atoms with Gasteiger partial charge in [0.2, 0.25) is 0 Å². The van der Waals surface area contributed by atoms with E-state index < -0.39 is 17.6 Å². The summed E-state index contributed by atoms with van der Waals surface area (Å²) in [6, 6.07) is 8.23. The number of carbonyl (C=O) groups excluding carboxylic acids is 1. The number of benzene rings is 1. The summed E-state index contributed by atoms with van der Waals surface area (Å²) in [5.74, 6) is -0.255. The maximum atomic E-state index is 12.9. The Morgan fingerprint density at radius 1 is 1.23 bits per heavy atom. The van der Waals surface area contributed by atoms with Gasteiger partial charge < -0.3 is 9.73 Å². The van der Waals surface area contributed by atoms with Gasteiger partial charge in [0.25, 0.3) is 5.91 Å². The molecule has 0 unspecified atom stereocenters. The summed E-state index contributed by atoms with van der Waals surface area (Å²) in [6.07, 6.45) is -3.00. The van der Waals surface area contributed by atoms with Crippen molar-refractivity contribution >= 4 is 11.6 Å². The summed E-state index contributed by atoms with van der Waals surface area (Å²) in [5.41, 5.74) is 1.48. The Morgan fingerprint density at radius 2 is 2.00 bits per heavy atom. The van der Waals surface area contributed by atoms with Crippen molar-refractivity contribution in [3.63, 3.8) is 0 Å². The van der Waals surface area contributed by atoms with Gasteiger partial charge in [0, 0.05) is 0 Å². The minimum absolute atomic E-state index is 0.160. The van der Waals surface area contributed by atoms with Crippen molar-refractivity contribution < 1.29 is 22.4 Å². The molecule has 1 N–H and O–H groups in total. The number of nitrogens with one attached hydrogen (secondary N) is 1. The first-order valence-electron chi connectivity index (χ1n) is 7.80. The zero-order valence-electron chi connectivity index (χ0n) is 14.1. The summed E-state index contributed by atoms with van der Waals surface area (Å²) < 4.78 is 45.2. The van der Waals surface area contributed by atoms with Crippen LogP contribution in [0.4, 0.5) is 18.9 Å². The molecule has 136 valence electrons. The molecule has 1 amide bonds. The van der Waals surface area contributed by atoms with Crippen molar-refractivity contribution in [2.75, 3.05) is 5.32 Å². The van der Waals surface area contributed by atoms with Crippen molar-refractivity contribution in [1.29, 1.82) is 0 Å². The number of alkyl halides is 3. The van der Waals surface area contributed by atoms with Crippen LogP contribution >= 0.6 is 0 Å². The summed E-state index contributed by atoms with van der Waals surface area (Å²) in [6.45, 7) is 3.62. The van der Waals surface area contributed by atoms with Crippen LogP contribution in [0.2, 0.25) is 0 Å². The molecule has 3 rings (SSSR count). The number of amides is 1. The topological polar surface area (TPSA) is 60.1 Å². The third-order valence-electron chi connectivity index (χ3n) is 3.95. The van der Waals surface area contributed by atoms with Crippen molar-refractivity contribution in [3.05, 3.63) is 70.9 Å². The normalized spacial score (nSPS) is 11.6. The van der Waals surface area contributed by atoms with Gasteiger partial charge in [0.1, 0.15) is 0 Å². The molecule has 8 heteroatoms. The highest BCUT2D eigenvalue weighted by atomic mass is 19.4. The molecule has 0 aliphatic carbocycles. The summed E-state index contributed by atoms with van der Waals surface area (Å²) in [4.78, 5) is 12.1. The second-order valence-corrected chi connectivity index (χ2v) is 5.83. The number of aryl methyl sites for hydroxylation is 1. The summed E-state index contributed by atoms with van der Waals surface area (Å²) >= 11 is 0. The van der Waals surface area contributed by atoms with Crippen LogP contribution in [-0.2, 0) is 12.7 Å². The van der Waals surface area contributed by atoms with Crippen molar-refractivity contribution in [3.8, 4) is 0 Å². The molecule has 2 heterocycles. The lowest BCUT2D eigenvalue weighted by atomic mass is 10.1. The first kappa shape index (κ1) is 17.8. The number of nitrogens with zero attached hydrogens (tertiary/aromatic N) is 2. The molecule has 1 aromatic carbocycles. The van der Waals surface area contributed by atoms with Gasteiger partial charge in [-0.25, -0.2) is 0 Å². The van der Waals surface area contributed by atoms with Crippen LogP contribution in [0.15, 0.2) is 47.1 Å². The van der Waals surface area contributed by atoms with Crippen molar-refractivity contribution in [1.82, 2.24) is 9.78 Å². The molecule has 5 nitrogen and oxygen atoms in total. The molecule has 0 spiro atoms. The first-order chi connectivity index (χ1) is 12.3. The zero-order valence-corrected chi connectivity index (χ0v) is 14.1. The highest BCUT2D eigenvalue weighted by Crippen LogP contribution is 2.30. The number of aromatic nitrogens is 2. The van der Waals surface area contributed by atoms with Crippen LogP contribution in [0.1, 0.15) is 33.1 Å². The Morgan fingerprint density at radius 3 is 2.65 bits per heavy atom. The highest BCUT2D eigenvalue weighted by Gasteiger charge is 2.30. The monoisotopic (exact) mass is 363 g/mol. The van der Waals surface area contributed by atoms with E-state index in [1.54, 1.807) is 30.7 Å². The van der Waals surface area contributed by atoms with E-state index >= 15 is 0 Å². The van der Waals surface area contributed by atoms with Crippen LogP contribution in [0, 0.1) is 13.8 Å². The number of carbonyl (C=O) groups is 1. The van der Waals surface area contributed by atoms with Gasteiger partial charge in [-0.15, -0.1) is 0 Å². The SMILES string of the molecule is Cc1nn(Cc2cccc(C(F)(F)F)c2)c(C)c1NC(=O)c1ccco1. The molecular weight excluding hydrogens is 347 g/mol. The molecule has 0 aliphatic heterocycles. The Kier molecular flexibility index (Phi) is 4.58. The van der Waals surface area contributed by atoms with Gasteiger partial charge in [-0.1, -0.05) is 12.1 Å². The predicted molar refractivity (Wildman–Crippen MR) is 88.9 cm³/mol. The minimum atomic E-state index is -4.40. The fourth-order valence-electron chi connectivity index (χ4n) is 2.63. The number of anilines is 1. The Bertz CT molecular complexity index is 928. The number of halogens is 3. The maximum absolute atomic E-state index is 12.9. The van der Waals surface area contributed by atoms with Crippen LogP contribution in [0.5, 0.6) is 0 Å². The molecule has 0 aliphatic rings. The number of hydrogen-bond acceptors (Lipinski definition) is 3. The van der Waals surface area contributed by atoms with E-state index in [0.29, 0.717) is 22.6 Å². The van der Waals surface area contributed by atoms with Gasteiger partial charge in [-0.05, 0) is 43.7 Å². The van der Waals surface area contributed by atoms with Crippen LogP contribution in [0.3, 0.4) is 0 Å². The van der Waals surface area contributed by atoms with Crippen molar-refractivity contribution in [2.24, 2.45) is 0 Å². The van der Waals surface area contributed by atoms with E-state index in [2.05, 4.69) is 10.4 Å². The quantitative estimate of drug-likeness (QED) is 0.747. The van der Waals surface area contributed by atoms with Crippen LogP contribution < -0.4 is 5.32 Å². The summed E-state index contributed by atoms with van der Waals surface area (Å²) in [7, 11) is 0.